The molecule has 0 aliphatic heterocycles. The van der Waals surface area contributed by atoms with Crippen molar-refractivity contribution in [2.24, 2.45) is 0 Å². The molecule has 0 aliphatic rings. The summed E-state index contributed by atoms with van der Waals surface area (Å²) in [6, 6.07) is 0. The van der Waals surface area contributed by atoms with Crippen LogP contribution in [-0.2, 0) is 26.2 Å². The smallest absolute Gasteiger partial charge is 0.356 e. The van der Waals surface area contributed by atoms with Crippen molar-refractivity contribution < 1.29 is 36.4 Å². The van der Waals surface area contributed by atoms with E-state index in [1.165, 1.54) is 0 Å². The summed E-state index contributed by atoms with van der Waals surface area (Å²) in [4.78, 5) is 16.5. The maximum absolute atomic E-state index is 8.25. The largest absolute Gasteiger partial charge is 2.00 e. The van der Waals surface area contributed by atoms with Gasteiger partial charge in [0.1, 0.15) is 0 Å². The molecule has 0 aromatic heterocycles. The van der Waals surface area contributed by atoms with Gasteiger partial charge in [-0.15, -0.1) is 0 Å². The molecule has 0 spiro atoms. The summed E-state index contributed by atoms with van der Waals surface area (Å²) < 4.78 is 0. The van der Waals surface area contributed by atoms with Gasteiger partial charge in [0.25, 0.3) is 0 Å². The summed E-state index contributed by atoms with van der Waals surface area (Å²) in [5, 5.41) is 29.5. The fourth-order valence-corrected chi connectivity index (χ4v) is 0. The zero-order valence-electron chi connectivity index (χ0n) is 4.55. The van der Waals surface area contributed by atoms with Crippen LogP contribution in [0.2, 0.25) is 0 Å². The summed E-state index contributed by atoms with van der Waals surface area (Å²) in [5.74, 6) is 0. The SMILES string of the molecule is O=[N+]([O-])[O-].O=[N+]([O-])[O-].[Mg+2].[Zr]. The zero-order chi connectivity index (χ0) is 7.15. The Hall–Kier alpha value is 0.0494. The first-order valence-corrected chi connectivity index (χ1v) is 1.10. The molecule has 0 aromatic rings. The summed E-state index contributed by atoms with van der Waals surface area (Å²) in [6.45, 7) is 0. The van der Waals surface area contributed by atoms with E-state index in [9.17, 15) is 0 Å². The zero-order valence-corrected chi connectivity index (χ0v) is 8.42. The molecule has 10 heteroatoms. The fourth-order valence-electron chi connectivity index (χ4n) is 0. The van der Waals surface area contributed by atoms with E-state index in [-0.39, 0.29) is 49.3 Å². The number of hydrogen-bond acceptors (Lipinski definition) is 6. The molecule has 0 saturated heterocycles. The first-order valence-electron chi connectivity index (χ1n) is 1.10. The van der Waals surface area contributed by atoms with Crippen LogP contribution in [0, 0.1) is 30.6 Å². The van der Waals surface area contributed by atoms with E-state index < -0.39 is 10.2 Å². The minimum Gasteiger partial charge on any atom is -0.356 e. The van der Waals surface area contributed by atoms with Crippen molar-refractivity contribution in [2.75, 3.05) is 0 Å². The van der Waals surface area contributed by atoms with Crippen LogP contribution in [0.1, 0.15) is 0 Å². The second kappa shape index (κ2) is 16.0. The summed E-state index contributed by atoms with van der Waals surface area (Å²) >= 11 is 0. The average Bonchev–Trinajstić information content (AvgIpc) is 1.25. The molecule has 0 N–H and O–H groups in total. The predicted octanol–water partition coefficient (Wildman–Crippen LogP) is -0.862. The van der Waals surface area contributed by atoms with Crippen LogP contribution in [0.25, 0.3) is 0 Å². The van der Waals surface area contributed by atoms with Crippen molar-refractivity contribution in [1.82, 2.24) is 0 Å². The van der Waals surface area contributed by atoms with Crippen molar-refractivity contribution in [3.63, 3.8) is 0 Å². The first kappa shape index (κ1) is 22.5. The van der Waals surface area contributed by atoms with Gasteiger partial charge in [0.2, 0.25) is 0 Å². The molecule has 0 atom stereocenters. The summed E-state index contributed by atoms with van der Waals surface area (Å²) in [6.07, 6.45) is 0. The van der Waals surface area contributed by atoms with Gasteiger partial charge in [0.05, 0.1) is 10.2 Å². The van der Waals surface area contributed by atoms with Gasteiger partial charge >= 0.3 is 23.1 Å². The minimum atomic E-state index is -1.75. The molecule has 0 amide bonds. The second-order valence-corrected chi connectivity index (χ2v) is 0.447. The monoisotopic (exact) mass is 238 g/mol. The molecule has 0 fully saturated rings. The average molecular weight is 240 g/mol. The Morgan fingerprint density at radius 1 is 0.800 bits per heavy atom. The van der Waals surface area contributed by atoms with E-state index >= 15 is 0 Å². The van der Waals surface area contributed by atoms with Crippen LogP contribution in [0.3, 0.4) is 0 Å². The molecule has 52 valence electrons. The predicted molar refractivity (Wildman–Crippen MR) is 26.5 cm³/mol. The maximum Gasteiger partial charge on any atom is 2.00 e. The Balaban J connectivity index is -0.0000000300. The van der Waals surface area contributed by atoms with Crippen LogP contribution >= 0.6 is 0 Å². The van der Waals surface area contributed by atoms with Crippen LogP contribution in [0.4, 0.5) is 0 Å². The normalized spacial score (nSPS) is 4.80. The quantitative estimate of drug-likeness (QED) is 0.307. The maximum atomic E-state index is 8.25. The van der Waals surface area contributed by atoms with Gasteiger partial charge in [0.15, 0.2) is 0 Å². The topological polar surface area (TPSA) is 132 Å². The molecular formula is MgN2O6Zr. The first-order chi connectivity index (χ1) is 3.46. The van der Waals surface area contributed by atoms with E-state index in [4.69, 9.17) is 30.6 Å². The molecule has 0 rings (SSSR count). The molecule has 0 bridgehead atoms. The van der Waals surface area contributed by atoms with Crippen LogP contribution in [0.15, 0.2) is 0 Å². The van der Waals surface area contributed by atoms with E-state index in [1.54, 1.807) is 0 Å². The van der Waals surface area contributed by atoms with Crippen molar-refractivity contribution in [3.05, 3.63) is 30.6 Å². The van der Waals surface area contributed by atoms with Gasteiger partial charge in [-0.05, 0) is 0 Å². The Bertz CT molecular complexity index is 73.7. The van der Waals surface area contributed by atoms with E-state index in [0.717, 1.165) is 0 Å². The van der Waals surface area contributed by atoms with E-state index in [2.05, 4.69) is 0 Å². The standard InChI is InChI=1S/Mg.2NO3.Zr/c;2*2-1(3)4;/q+2;2*-1;. The summed E-state index contributed by atoms with van der Waals surface area (Å²) in [5.41, 5.74) is 0. The number of rotatable bonds is 0. The third kappa shape index (κ3) is 164000. The fraction of sp³-hybridized carbons (Fsp3) is 0. The molecule has 10 heavy (non-hydrogen) atoms. The van der Waals surface area contributed by atoms with E-state index in [1.807, 2.05) is 0 Å². The molecule has 0 heterocycles. The van der Waals surface area contributed by atoms with Crippen molar-refractivity contribution in [2.45, 2.75) is 0 Å². The van der Waals surface area contributed by atoms with Crippen molar-refractivity contribution in [1.29, 1.82) is 0 Å². The van der Waals surface area contributed by atoms with Gasteiger partial charge in [0, 0.05) is 26.2 Å². The molecule has 0 saturated carbocycles. The molecular weight excluding hydrogens is 240 g/mol. The third-order valence-electron chi connectivity index (χ3n) is 0. The third-order valence-corrected chi connectivity index (χ3v) is 0. The molecule has 0 radical (unpaired) electrons. The van der Waals surface area contributed by atoms with Crippen molar-refractivity contribution >= 4 is 23.1 Å². The van der Waals surface area contributed by atoms with Crippen LogP contribution in [-0.4, -0.2) is 33.2 Å². The van der Waals surface area contributed by atoms with Crippen molar-refractivity contribution in [3.8, 4) is 0 Å². The Morgan fingerprint density at radius 3 is 0.800 bits per heavy atom. The molecule has 0 aliphatic carbocycles. The van der Waals surface area contributed by atoms with Gasteiger partial charge in [-0.1, -0.05) is 0 Å². The van der Waals surface area contributed by atoms with Gasteiger partial charge < -0.3 is 30.6 Å². The second-order valence-electron chi connectivity index (χ2n) is 0.447. The van der Waals surface area contributed by atoms with Crippen LogP contribution < -0.4 is 0 Å². The molecule has 0 aromatic carbocycles. The van der Waals surface area contributed by atoms with Gasteiger partial charge in [-0.25, -0.2) is 0 Å². The Labute approximate surface area is 89.7 Å². The molecule has 0 unspecified atom stereocenters. The number of hydrogen-bond donors (Lipinski definition) is 0. The number of nitrogens with zero attached hydrogens (tertiary/aromatic N) is 2. The van der Waals surface area contributed by atoms with Crippen LogP contribution in [0.5, 0.6) is 0 Å². The minimum absolute atomic E-state index is 0. The van der Waals surface area contributed by atoms with Gasteiger partial charge in [-0.3, -0.25) is 0 Å². The molecule has 8 nitrogen and oxygen atoms in total. The Morgan fingerprint density at radius 2 is 0.800 bits per heavy atom. The Kier molecular flexibility index (Phi) is 36.0. The summed E-state index contributed by atoms with van der Waals surface area (Å²) in [7, 11) is 0. The van der Waals surface area contributed by atoms with Gasteiger partial charge in [-0.2, -0.15) is 0 Å². The van der Waals surface area contributed by atoms with E-state index in [0.29, 0.717) is 0 Å².